The van der Waals surface area contributed by atoms with E-state index in [9.17, 15) is 0 Å². The number of aromatic nitrogens is 4. The number of hydrogen-bond acceptors (Lipinski definition) is 3. The molecule has 13 aromatic rings. The van der Waals surface area contributed by atoms with Crippen LogP contribution in [0.25, 0.3) is 83.4 Å². The van der Waals surface area contributed by atoms with Crippen molar-refractivity contribution in [3.8, 4) is 73.6 Å². The van der Waals surface area contributed by atoms with E-state index in [1.807, 2.05) is 6.20 Å². The Morgan fingerprint density at radius 2 is 0.965 bits per heavy atom. The van der Waals surface area contributed by atoms with E-state index in [1.54, 1.807) is 0 Å². The number of benzene rings is 10. The van der Waals surface area contributed by atoms with Crippen molar-refractivity contribution in [3.05, 3.63) is 279 Å². The SMILES string of the molecule is CC(C)(C)c1cc(-c2cccc(-c3ccccc3)c2-n2[c](=[Pt])n(-c3cccc(Oc4ccc5c6cc7c(cc6n(-c6cc(C(C)(C)C)ccn6)c5c4)C4(c5ccccc5Oc5ccccc54)c4ccccc4-7)c3)c3ccccc32)cc(C(C)(C)C)c1. The van der Waals surface area contributed by atoms with Gasteiger partial charge in [0.1, 0.15) is 11.5 Å². The van der Waals surface area contributed by atoms with Crippen LogP contribution in [0.2, 0.25) is 0 Å². The summed E-state index contributed by atoms with van der Waals surface area (Å²) in [7, 11) is 0. The van der Waals surface area contributed by atoms with Gasteiger partial charge < -0.3 is 4.74 Å². The van der Waals surface area contributed by atoms with Crippen LogP contribution in [0.5, 0.6) is 23.0 Å². The van der Waals surface area contributed by atoms with Crippen LogP contribution in [-0.2, 0) is 41.0 Å². The zero-order chi connectivity index (χ0) is 59.0. The first-order valence-corrected chi connectivity index (χ1v) is 31.0. The van der Waals surface area contributed by atoms with E-state index in [-0.39, 0.29) is 16.2 Å². The molecular weight excluding hydrogens is 1230 g/mol. The Labute approximate surface area is 514 Å². The van der Waals surface area contributed by atoms with E-state index in [0.717, 1.165) is 99.1 Å². The maximum absolute atomic E-state index is 7.11. The summed E-state index contributed by atoms with van der Waals surface area (Å²) in [6, 6.07) is 84.1. The van der Waals surface area contributed by atoms with Crippen LogP contribution in [0.4, 0.5) is 0 Å². The van der Waals surface area contributed by atoms with Crippen molar-refractivity contribution in [2.24, 2.45) is 0 Å². The molecule has 4 heterocycles. The van der Waals surface area contributed by atoms with Crippen molar-refractivity contribution >= 4 is 32.8 Å². The van der Waals surface area contributed by atoms with Crippen LogP contribution in [0.1, 0.15) is 101 Å². The molecule has 1 aliphatic carbocycles. The molecule has 6 nitrogen and oxygen atoms in total. The first-order chi connectivity index (χ1) is 41.4. The second kappa shape index (κ2) is 19.7. The van der Waals surface area contributed by atoms with Crippen molar-refractivity contribution < 1.29 is 28.8 Å². The van der Waals surface area contributed by atoms with Gasteiger partial charge in [-0.1, -0.05) is 81.4 Å². The fraction of sp³-hybridized carbons (Fsp3) is 0.165. The molecule has 0 radical (unpaired) electrons. The summed E-state index contributed by atoms with van der Waals surface area (Å²) in [4.78, 5) is 5.19. The van der Waals surface area contributed by atoms with E-state index < -0.39 is 5.41 Å². The minimum atomic E-state index is -0.628. The van der Waals surface area contributed by atoms with E-state index in [2.05, 4.69) is 326 Å². The Morgan fingerprint density at radius 3 is 1.65 bits per heavy atom. The van der Waals surface area contributed by atoms with Gasteiger partial charge in [-0.3, -0.25) is 0 Å². The summed E-state index contributed by atoms with van der Waals surface area (Å²) in [6.45, 7) is 20.7. The third kappa shape index (κ3) is 8.46. The van der Waals surface area contributed by atoms with Crippen molar-refractivity contribution in [1.82, 2.24) is 18.7 Å². The van der Waals surface area contributed by atoms with Gasteiger partial charge in [-0.2, -0.15) is 0 Å². The summed E-state index contributed by atoms with van der Waals surface area (Å²) >= 11 is 2.55. The van der Waals surface area contributed by atoms with Gasteiger partial charge in [0, 0.05) is 17.3 Å². The molecule has 0 bridgehead atoms. The van der Waals surface area contributed by atoms with E-state index in [1.165, 1.54) is 50.1 Å². The minimum absolute atomic E-state index is 0.0538. The zero-order valence-electron chi connectivity index (χ0n) is 49.9. The predicted octanol–water partition coefficient (Wildman–Crippen LogP) is 20.5. The number of imidazole rings is 1. The van der Waals surface area contributed by atoms with Crippen LogP contribution in [-0.4, -0.2) is 18.7 Å². The van der Waals surface area contributed by atoms with E-state index >= 15 is 0 Å². The number of fused-ring (bicyclic) bond motifs is 13. The van der Waals surface area contributed by atoms with Crippen LogP contribution >= 0.6 is 0 Å². The van der Waals surface area contributed by atoms with Crippen molar-refractivity contribution in [2.75, 3.05) is 0 Å². The van der Waals surface area contributed by atoms with Gasteiger partial charge in [0.25, 0.3) is 0 Å². The monoisotopic (exact) mass is 1300 g/mol. The Balaban J connectivity index is 0.901. The molecule has 86 heavy (non-hydrogen) atoms. The summed E-state index contributed by atoms with van der Waals surface area (Å²) in [5.74, 6) is 4.04. The topological polar surface area (TPSA) is 46.1 Å². The molecule has 0 fully saturated rings. The fourth-order valence-electron chi connectivity index (χ4n) is 13.6. The number of pyridine rings is 1. The molecule has 0 N–H and O–H groups in total. The van der Waals surface area contributed by atoms with Crippen LogP contribution in [0.15, 0.2) is 237 Å². The van der Waals surface area contributed by atoms with Gasteiger partial charge in [0.05, 0.1) is 5.41 Å². The molecule has 0 unspecified atom stereocenters. The van der Waals surface area contributed by atoms with Gasteiger partial charge in [0.15, 0.2) is 0 Å². The predicted molar refractivity (Wildman–Crippen MR) is 349 cm³/mol. The number of nitrogens with zero attached hydrogens (tertiary/aromatic N) is 4. The molecule has 2 aliphatic rings. The molecule has 7 heteroatoms. The number of hydrogen-bond donors (Lipinski definition) is 0. The molecule has 3 aromatic heterocycles. The van der Waals surface area contributed by atoms with Gasteiger partial charge >= 0.3 is 346 Å². The van der Waals surface area contributed by atoms with Gasteiger partial charge in [-0.15, -0.1) is 0 Å². The molecule has 0 amide bonds. The summed E-state index contributed by atoms with van der Waals surface area (Å²) < 4.78 is 22.1. The zero-order valence-corrected chi connectivity index (χ0v) is 52.2. The van der Waals surface area contributed by atoms with Gasteiger partial charge in [0.2, 0.25) is 0 Å². The third-order valence-electron chi connectivity index (χ3n) is 17.9. The standard InChI is InChI=1S/C79H66N4O2.Pt/c1-76(2,3)52-39-40-80-74(44-52)83-70-46-57(37-38-61(70)63-47-62-60-27-13-14-30-64(60)79(67(62)48-71(63)83)65-31-15-19-35-72(65)85-73-36-20-16-32-66(73)79)84-56-26-21-25-55(45-56)81-49-82(69-34-18-17-33-68(69)81)75-58(50-23-11-10-12-24-50)28-22-29-59(75)51-41-53(77(4,5)6)43-54(42-51)78(7,8)9;/h10-48H,1-9H3;. The summed E-state index contributed by atoms with van der Waals surface area (Å²) in [5, 5.41) is 2.26. The van der Waals surface area contributed by atoms with Crippen LogP contribution in [0, 0.1) is 3.80 Å². The second-order valence-electron chi connectivity index (χ2n) is 26.3. The molecule has 1 aliphatic heterocycles. The normalized spacial score (nSPS) is 13.4. The molecule has 10 aromatic carbocycles. The van der Waals surface area contributed by atoms with Crippen molar-refractivity contribution in [1.29, 1.82) is 0 Å². The molecule has 424 valence electrons. The van der Waals surface area contributed by atoms with Crippen molar-refractivity contribution in [2.45, 2.75) is 84.0 Å². The first-order valence-electron chi connectivity index (χ1n) is 29.8. The molecule has 0 atom stereocenters. The average Bonchev–Trinajstić information content (AvgIpc) is 1.49. The van der Waals surface area contributed by atoms with E-state index in [4.69, 9.17) is 14.5 Å². The Bertz CT molecular complexity index is 4900. The molecule has 0 saturated heterocycles. The van der Waals surface area contributed by atoms with Crippen LogP contribution < -0.4 is 9.47 Å². The first kappa shape index (κ1) is 53.6. The van der Waals surface area contributed by atoms with Crippen molar-refractivity contribution in [3.63, 3.8) is 0 Å². The maximum atomic E-state index is 7.11. The fourth-order valence-corrected chi connectivity index (χ4v) is 14.7. The second-order valence-corrected chi connectivity index (χ2v) is 27.4. The number of para-hydroxylation sites is 5. The molecular formula is C79H66N4O2Pt. The molecule has 1 spiro atoms. The average molecular weight is 1300 g/mol. The van der Waals surface area contributed by atoms with Crippen LogP contribution in [0.3, 0.4) is 0 Å². The van der Waals surface area contributed by atoms with E-state index in [0.29, 0.717) is 0 Å². The van der Waals surface area contributed by atoms with Gasteiger partial charge in [-0.05, 0) is 51.4 Å². The van der Waals surface area contributed by atoms with Gasteiger partial charge in [-0.25, -0.2) is 0 Å². The molecule has 0 saturated carbocycles. The third-order valence-corrected chi connectivity index (χ3v) is 18.9. The summed E-state index contributed by atoms with van der Waals surface area (Å²) in [5.41, 5.74) is 21.3. The molecule has 15 rings (SSSR count). The number of rotatable bonds is 7. The Morgan fingerprint density at radius 1 is 0.395 bits per heavy atom. The Hall–Kier alpha value is -9.09. The number of ether oxygens (including phenoxy) is 2. The quantitative estimate of drug-likeness (QED) is 0.160. The Kier molecular flexibility index (Phi) is 12.3. The summed E-state index contributed by atoms with van der Waals surface area (Å²) in [6.07, 6.45) is 1.96.